The number of fused-ring (bicyclic) bond motifs is 1. The number of nitrogens with zero attached hydrogens (tertiary/aromatic N) is 3. The second-order valence-electron chi connectivity index (χ2n) is 6.15. The van der Waals surface area contributed by atoms with Crippen molar-refractivity contribution in [3.63, 3.8) is 0 Å². The number of nitrogens with two attached hydrogens (primary N) is 2. The fraction of sp³-hybridized carbons (Fsp3) is 0.235. The van der Waals surface area contributed by atoms with Gasteiger partial charge in [0.1, 0.15) is 11.6 Å². The van der Waals surface area contributed by atoms with Crippen molar-refractivity contribution >= 4 is 22.8 Å². The fourth-order valence-corrected chi connectivity index (χ4v) is 2.95. The van der Waals surface area contributed by atoms with Gasteiger partial charge in [0.05, 0.1) is 16.6 Å². The lowest BCUT2D eigenvalue weighted by molar-refractivity contribution is 0.00800. The van der Waals surface area contributed by atoms with Gasteiger partial charge in [-0.1, -0.05) is 6.07 Å². The minimum absolute atomic E-state index is 0.0115. The molecule has 0 saturated heterocycles. The fourth-order valence-electron chi connectivity index (χ4n) is 2.95. The van der Waals surface area contributed by atoms with Crippen molar-refractivity contribution in [2.75, 3.05) is 5.73 Å². The van der Waals surface area contributed by atoms with Crippen molar-refractivity contribution in [2.24, 2.45) is 5.73 Å². The van der Waals surface area contributed by atoms with E-state index in [9.17, 15) is 18.7 Å². The zero-order valence-corrected chi connectivity index (χ0v) is 14.3. The van der Waals surface area contributed by atoms with Crippen molar-refractivity contribution in [3.05, 3.63) is 40.8 Å². The topological polar surface area (TPSA) is 120 Å². The lowest BCUT2D eigenvalue weighted by Crippen LogP contribution is -2.14. The third-order valence-electron chi connectivity index (χ3n) is 4.21. The summed E-state index contributed by atoms with van der Waals surface area (Å²) in [6.07, 6.45) is 1.11. The summed E-state index contributed by atoms with van der Waals surface area (Å²) in [5.41, 5.74) is 13.1. The van der Waals surface area contributed by atoms with E-state index in [1.807, 2.05) is 0 Å². The van der Waals surface area contributed by atoms with Crippen molar-refractivity contribution < 1.29 is 18.7 Å². The van der Waals surface area contributed by atoms with Gasteiger partial charge in [-0.2, -0.15) is 8.78 Å². The second kappa shape index (κ2) is 5.65. The Bertz CT molecular complexity index is 1050. The predicted octanol–water partition coefficient (Wildman–Crippen LogP) is 2.54. The number of hydrogen-bond acceptors (Lipinski definition) is 5. The number of aromatic nitrogens is 3. The number of aryl methyl sites for hydroxylation is 1. The van der Waals surface area contributed by atoms with Crippen LogP contribution < -0.4 is 11.5 Å². The molecule has 2 heterocycles. The van der Waals surface area contributed by atoms with Crippen LogP contribution in [0, 0.1) is 13.8 Å². The number of amides is 1. The number of phenols is 1. The lowest BCUT2D eigenvalue weighted by atomic mass is 10.1. The average Bonchev–Trinajstić information content (AvgIpc) is 2.82. The number of nitrogen functional groups attached to an aromatic ring is 1. The molecule has 0 aliphatic carbocycles. The number of phenolic OH excluding ortho intramolecular Hbond substituents is 1. The summed E-state index contributed by atoms with van der Waals surface area (Å²) in [6, 6.07) is 3.15. The first-order valence-corrected chi connectivity index (χ1v) is 7.68. The number of carbonyl (C=O) groups excluding carboxylic acids is 1. The first kappa shape index (κ1) is 17.6. The molecule has 3 aromatic rings. The highest BCUT2D eigenvalue weighted by molar-refractivity contribution is 6.10. The number of hydrogen-bond donors (Lipinski definition) is 3. The highest BCUT2D eigenvalue weighted by Gasteiger charge is 2.31. The van der Waals surface area contributed by atoms with E-state index in [0.29, 0.717) is 23.7 Å². The van der Waals surface area contributed by atoms with Crippen LogP contribution in [0.25, 0.3) is 16.7 Å². The van der Waals surface area contributed by atoms with Gasteiger partial charge in [0.2, 0.25) is 5.82 Å². The molecule has 0 aliphatic heterocycles. The largest absolute Gasteiger partial charge is 0.508 e. The van der Waals surface area contributed by atoms with Crippen LogP contribution in [0.4, 0.5) is 14.6 Å². The third kappa shape index (κ3) is 2.52. The van der Waals surface area contributed by atoms with Crippen LogP contribution in [0.2, 0.25) is 0 Å². The quantitative estimate of drug-likeness (QED) is 0.662. The molecule has 0 bridgehead atoms. The van der Waals surface area contributed by atoms with Crippen LogP contribution in [-0.2, 0) is 5.92 Å². The Labute approximate surface area is 147 Å². The minimum Gasteiger partial charge on any atom is -0.508 e. The molecule has 1 aromatic carbocycles. The van der Waals surface area contributed by atoms with Crippen molar-refractivity contribution in [1.29, 1.82) is 0 Å². The minimum atomic E-state index is -3.28. The first-order valence-electron chi connectivity index (χ1n) is 7.68. The molecule has 0 atom stereocenters. The lowest BCUT2D eigenvalue weighted by Gasteiger charge is -2.16. The van der Waals surface area contributed by atoms with E-state index in [1.54, 1.807) is 19.9 Å². The van der Waals surface area contributed by atoms with Crippen molar-refractivity contribution in [1.82, 2.24) is 14.5 Å². The molecule has 2 aromatic heterocycles. The van der Waals surface area contributed by atoms with Crippen molar-refractivity contribution in [2.45, 2.75) is 26.7 Å². The standard InChI is InChI=1S/C17H17F2N5O2/c1-7-4-5-10(25)8(2)12(7)24-13(20)11(14(21)26)9-6-22-16(17(3,18)19)23-15(9)24/h4-6,25H,20H2,1-3H3,(H2,21,26). The highest BCUT2D eigenvalue weighted by Crippen LogP contribution is 2.36. The van der Waals surface area contributed by atoms with Crippen LogP contribution in [0.5, 0.6) is 5.75 Å². The summed E-state index contributed by atoms with van der Waals surface area (Å²) in [5.74, 6) is -4.90. The highest BCUT2D eigenvalue weighted by atomic mass is 19.3. The van der Waals surface area contributed by atoms with Gasteiger partial charge >= 0.3 is 5.92 Å². The monoisotopic (exact) mass is 361 g/mol. The summed E-state index contributed by atoms with van der Waals surface area (Å²) in [6.45, 7) is 4.07. The van der Waals surface area contributed by atoms with Gasteiger partial charge in [-0.15, -0.1) is 0 Å². The number of carbonyl (C=O) groups is 1. The molecule has 0 saturated carbocycles. The number of benzene rings is 1. The Hall–Kier alpha value is -3.23. The number of rotatable bonds is 3. The third-order valence-corrected chi connectivity index (χ3v) is 4.21. The molecule has 0 fully saturated rings. The van der Waals surface area contributed by atoms with Gasteiger partial charge in [-0.3, -0.25) is 9.36 Å². The van der Waals surface area contributed by atoms with Gasteiger partial charge in [-0.25, -0.2) is 9.97 Å². The zero-order valence-electron chi connectivity index (χ0n) is 14.3. The summed E-state index contributed by atoms with van der Waals surface area (Å²) in [4.78, 5) is 19.5. The van der Waals surface area contributed by atoms with E-state index in [0.717, 1.165) is 6.20 Å². The maximum absolute atomic E-state index is 13.7. The van der Waals surface area contributed by atoms with E-state index < -0.39 is 17.7 Å². The normalized spacial score (nSPS) is 11.9. The van der Waals surface area contributed by atoms with E-state index in [-0.39, 0.29) is 28.2 Å². The van der Waals surface area contributed by atoms with Crippen LogP contribution in [-0.4, -0.2) is 25.5 Å². The van der Waals surface area contributed by atoms with Crippen LogP contribution in [0.1, 0.15) is 34.2 Å². The number of halogens is 2. The molecule has 1 amide bonds. The molecular formula is C17H17F2N5O2. The second-order valence-corrected chi connectivity index (χ2v) is 6.15. The number of aromatic hydroxyl groups is 1. The summed E-state index contributed by atoms with van der Waals surface area (Å²) in [5, 5.41) is 10.2. The van der Waals surface area contributed by atoms with Gasteiger partial charge < -0.3 is 16.6 Å². The molecule has 136 valence electrons. The molecule has 0 unspecified atom stereocenters. The van der Waals surface area contributed by atoms with Gasteiger partial charge in [-0.05, 0) is 25.5 Å². The van der Waals surface area contributed by atoms with E-state index >= 15 is 0 Å². The summed E-state index contributed by atoms with van der Waals surface area (Å²) < 4.78 is 28.8. The molecule has 9 heteroatoms. The molecule has 0 aliphatic rings. The Morgan fingerprint density at radius 2 is 1.96 bits per heavy atom. The molecule has 3 rings (SSSR count). The maximum atomic E-state index is 13.7. The van der Waals surface area contributed by atoms with Crippen LogP contribution in [0.3, 0.4) is 0 Å². The van der Waals surface area contributed by atoms with Gasteiger partial charge in [0.25, 0.3) is 5.91 Å². The van der Waals surface area contributed by atoms with Crippen molar-refractivity contribution in [3.8, 4) is 11.4 Å². The summed E-state index contributed by atoms with van der Waals surface area (Å²) >= 11 is 0. The van der Waals surface area contributed by atoms with Gasteiger partial charge in [0.15, 0.2) is 5.65 Å². The smallest absolute Gasteiger partial charge is 0.303 e. The molecule has 7 nitrogen and oxygen atoms in total. The average molecular weight is 361 g/mol. The molecule has 0 radical (unpaired) electrons. The van der Waals surface area contributed by atoms with Gasteiger partial charge in [0, 0.05) is 18.7 Å². The Balaban J connectivity index is 2.51. The number of primary amides is 1. The molecule has 5 N–H and O–H groups in total. The SMILES string of the molecule is Cc1ccc(O)c(C)c1-n1c(N)c(C(N)=O)c2cnc(C(C)(F)F)nc21. The van der Waals surface area contributed by atoms with Crippen LogP contribution >= 0.6 is 0 Å². The first-order chi connectivity index (χ1) is 12.0. The predicted molar refractivity (Wildman–Crippen MR) is 92.5 cm³/mol. The molecular weight excluding hydrogens is 344 g/mol. The maximum Gasteiger partial charge on any atom is 0.303 e. The van der Waals surface area contributed by atoms with E-state index in [2.05, 4.69) is 9.97 Å². The number of alkyl halides is 2. The van der Waals surface area contributed by atoms with E-state index in [1.165, 1.54) is 10.6 Å². The Morgan fingerprint density at radius 3 is 2.54 bits per heavy atom. The zero-order chi connectivity index (χ0) is 19.4. The summed E-state index contributed by atoms with van der Waals surface area (Å²) in [7, 11) is 0. The van der Waals surface area contributed by atoms with E-state index in [4.69, 9.17) is 11.5 Å². The van der Waals surface area contributed by atoms with Crippen LogP contribution in [0.15, 0.2) is 18.3 Å². The Kier molecular flexibility index (Phi) is 3.82. The molecule has 0 spiro atoms. The Morgan fingerprint density at radius 1 is 1.31 bits per heavy atom. The number of anilines is 1. The molecule has 26 heavy (non-hydrogen) atoms.